The standard InChI is InChI=1S/C10H8IN/c1-8-5-9(3-2-4-12)7-10(11)6-8/h2-3,5-7H,1H3. The van der Waals surface area contributed by atoms with Crippen LogP contribution in [0.3, 0.4) is 0 Å². The van der Waals surface area contributed by atoms with E-state index in [1.165, 1.54) is 15.2 Å². The Balaban J connectivity index is 3.03. The third-order valence-corrected chi connectivity index (χ3v) is 2.04. The molecule has 0 aromatic heterocycles. The summed E-state index contributed by atoms with van der Waals surface area (Å²) in [5, 5.41) is 8.33. The molecular weight excluding hydrogens is 261 g/mol. The maximum absolute atomic E-state index is 8.33. The van der Waals surface area contributed by atoms with Crippen LogP contribution in [0.15, 0.2) is 24.3 Å². The zero-order valence-electron chi connectivity index (χ0n) is 6.71. The van der Waals surface area contributed by atoms with Crippen LogP contribution in [-0.2, 0) is 0 Å². The third kappa shape index (κ3) is 2.67. The molecule has 0 amide bonds. The molecule has 12 heavy (non-hydrogen) atoms. The van der Waals surface area contributed by atoms with E-state index in [-0.39, 0.29) is 0 Å². The summed E-state index contributed by atoms with van der Waals surface area (Å²) in [6.45, 7) is 2.05. The molecule has 1 aromatic rings. The van der Waals surface area contributed by atoms with Gasteiger partial charge in [0.15, 0.2) is 0 Å². The van der Waals surface area contributed by atoms with Crippen molar-refractivity contribution in [1.82, 2.24) is 0 Å². The van der Waals surface area contributed by atoms with Crippen molar-refractivity contribution >= 4 is 28.7 Å². The lowest BCUT2D eigenvalue weighted by Crippen LogP contribution is -1.78. The van der Waals surface area contributed by atoms with Crippen molar-refractivity contribution < 1.29 is 0 Å². The predicted octanol–water partition coefficient (Wildman–Crippen LogP) is 3.14. The van der Waals surface area contributed by atoms with Crippen molar-refractivity contribution in [3.8, 4) is 6.07 Å². The lowest BCUT2D eigenvalue weighted by atomic mass is 10.1. The van der Waals surface area contributed by atoms with E-state index in [1.807, 2.05) is 25.1 Å². The molecule has 1 rings (SSSR count). The van der Waals surface area contributed by atoms with Gasteiger partial charge in [-0.1, -0.05) is 6.07 Å². The van der Waals surface area contributed by atoms with Crippen molar-refractivity contribution in [2.24, 2.45) is 0 Å². The van der Waals surface area contributed by atoms with Crippen molar-refractivity contribution in [2.75, 3.05) is 0 Å². The molecular formula is C10H8IN. The summed E-state index contributed by atoms with van der Waals surface area (Å²) < 4.78 is 1.20. The van der Waals surface area contributed by atoms with Crippen LogP contribution in [0.1, 0.15) is 11.1 Å². The molecule has 1 aromatic carbocycles. The Labute approximate surface area is 85.9 Å². The van der Waals surface area contributed by atoms with E-state index >= 15 is 0 Å². The van der Waals surface area contributed by atoms with Gasteiger partial charge in [0, 0.05) is 9.65 Å². The van der Waals surface area contributed by atoms with Gasteiger partial charge in [0.05, 0.1) is 6.07 Å². The van der Waals surface area contributed by atoms with Crippen LogP contribution in [0.4, 0.5) is 0 Å². The molecule has 1 nitrogen and oxygen atoms in total. The first kappa shape index (κ1) is 9.27. The van der Waals surface area contributed by atoms with E-state index in [2.05, 4.69) is 34.7 Å². The third-order valence-electron chi connectivity index (χ3n) is 1.41. The van der Waals surface area contributed by atoms with Crippen LogP contribution in [0.25, 0.3) is 6.08 Å². The fraction of sp³-hybridized carbons (Fsp3) is 0.100. The minimum atomic E-state index is 1.08. The summed E-state index contributed by atoms with van der Waals surface area (Å²) in [6.07, 6.45) is 3.31. The van der Waals surface area contributed by atoms with Gasteiger partial charge in [0.1, 0.15) is 0 Å². The second-order valence-corrected chi connectivity index (χ2v) is 3.77. The quantitative estimate of drug-likeness (QED) is 0.567. The highest BCUT2D eigenvalue weighted by atomic mass is 127. The highest BCUT2D eigenvalue weighted by Crippen LogP contribution is 2.12. The van der Waals surface area contributed by atoms with Gasteiger partial charge >= 0.3 is 0 Å². The molecule has 0 aliphatic carbocycles. The number of allylic oxidation sites excluding steroid dienone is 1. The first-order valence-electron chi connectivity index (χ1n) is 3.56. The number of rotatable bonds is 1. The van der Waals surface area contributed by atoms with Gasteiger partial charge in [-0.25, -0.2) is 0 Å². The molecule has 0 saturated heterocycles. The van der Waals surface area contributed by atoms with Gasteiger partial charge in [0.2, 0.25) is 0 Å². The molecule has 0 radical (unpaired) electrons. The number of hydrogen-bond donors (Lipinski definition) is 0. The van der Waals surface area contributed by atoms with Crippen molar-refractivity contribution in [3.63, 3.8) is 0 Å². The first-order valence-corrected chi connectivity index (χ1v) is 4.63. The van der Waals surface area contributed by atoms with Crippen molar-refractivity contribution in [1.29, 1.82) is 5.26 Å². The molecule has 0 bridgehead atoms. The normalized spacial score (nSPS) is 10.1. The molecule has 0 aliphatic heterocycles. The second-order valence-electron chi connectivity index (χ2n) is 2.52. The molecule has 0 heterocycles. The lowest BCUT2D eigenvalue weighted by Gasteiger charge is -1.97. The topological polar surface area (TPSA) is 23.8 Å². The Kier molecular flexibility index (Phi) is 3.30. The number of aryl methyl sites for hydroxylation is 1. The van der Waals surface area contributed by atoms with Crippen LogP contribution in [-0.4, -0.2) is 0 Å². The zero-order valence-corrected chi connectivity index (χ0v) is 8.87. The maximum Gasteiger partial charge on any atom is 0.0912 e. The molecule has 0 N–H and O–H groups in total. The summed E-state index contributed by atoms with van der Waals surface area (Å²) in [4.78, 5) is 0. The molecule has 60 valence electrons. The van der Waals surface area contributed by atoms with E-state index < -0.39 is 0 Å². The highest BCUT2D eigenvalue weighted by Gasteiger charge is 1.91. The molecule has 0 spiro atoms. The minimum Gasteiger partial charge on any atom is -0.193 e. The van der Waals surface area contributed by atoms with Crippen molar-refractivity contribution in [2.45, 2.75) is 6.92 Å². The number of benzene rings is 1. The number of nitrogens with zero attached hydrogens (tertiary/aromatic N) is 1. The summed E-state index contributed by atoms with van der Waals surface area (Å²) >= 11 is 2.27. The number of halogens is 1. The Morgan fingerprint density at radius 3 is 2.75 bits per heavy atom. The summed E-state index contributed by atoms with van der Waals surface area (Å²) in [7, 11) is 0. The van der Waals surface area contributed by atoms with Gasteiger partial charge in [-0.3, -0.25) is 0 Å². The number of hydrogen-bond acceptors (Lipinski definition) is 1. The predicted molar refractivity (Wildman–Crippen MR) is 58.5 cm³/mol. The largest absolute Gasteiger partial charge is 0.193 e. The van der Waals surface area contributed by atoms with Gasteiger partial charge in [-0.15, -0.1) is 0 Å². The summed E-state index contributed by atoms with van der Waals surface area (Å²) in [5.41, 5.74) is 2.31. The first-order chi connectivity index (χ1) is 5.72. The van der Waals surface area contributed by atoms with E-state index in [0.29, 0.717) is 0 Å². The van der Waals surface area contributed by atoms with E-state index in [9.17, 15) is 0 Å². The SMILES string of the molecule is Cc1cc(I)cc(C=CC#N)c1. The average Bonchev–Trinajstić information content (AvgIpc) is 1.99. The fourth-order valence-electron chi connectivity index (χ4n) is 0.994. The average molecular weight is 269 g/mol. The molecule has 2 heteroatoms. The molecule has 0 saturated carbocycles. The monoisotopic (exact) mass is 269 g/mol. The van der Waals surface area contributed by atoms with Crippen LogP contribution >= 0.6 is 22.6 Å². The Morgan fingerprint density at radius 2 is 2.17 bits per heavy atom. The summed E-state index contributed by atoms with van der Waals surface area (Å²) in [6, 6.07) is 8.17. The van der Waals surface area contributed by atoms with Crippen LogP contribution < -0.4 is 0 Å². The van der Waals surface area contributed by atoms with Crippen LogP contribution in [0, 0.1) is 21.8 Å². The molecule has 0 aliphatic rings. The molecule has 0 unspecified atom stereocenters. The number of nitriles is 1. The second kappa shape index (κ2) is 4.27. The molecule has 0 fully saturated rings. The van der Waals surface area contributed by atoms with E-state index in [0.717, 1.165) is 5.56 Å². The van der Waals surface area contributed by atoms with Crippen molar-refractivity contribution in [3.05, 3.63) is 39.0 Å². The van der Waals surface area contributed by atoms with Gasteiger partial charge in [-0.05, 0) is 58.9 Å². The van der Waals surface area contributed by atoms with E-state index in [1.54, 1.807) is 0 Å². The lowest BCUT2D eigenvalue weighted by molar-refractivity contribution is 1.43. The Morgan fingerprint density at radius 1 is 1.42 bits per heavy atom. The maximum atomic E-state index is 8.33. The zero-order chi connectivity index (χ0) is 8.97. The van der Waals surface area contributed by atoms with Crippen LogP contribution in [0.5, 0.6) is 0 Å². The van der Waals surface area contributed by atoms with Crippen LogP contribution in [0.2, 0.25) is 0 Å². The van der Waals surface area contributed by atoms with E-state index in [4.69, 9.17) is 5.26 Å². The van der Waals surface area contributed by atoms with Gasteiger partial charge < -0.3 is 0 Å². The Hall–Kier alpha value is -0.820. The molecule has 0 atom stereocenters. The smallest absolute Gasteiger partial charge is 0.0912 e. The van der Waals surface area contributed by atoms with Gasteiger partial charge in [-0.2, -0.15) is 5.26 Å². The fourth-order valence-corrected chi connectivity index (χ4v) is 1.85. The summed E-state index contributed by atoms with van der Waals surface area (Å²) in [5.74, 6) is 0. The minimum absolute atomic E-state index is 1.08. The van der Waals surface area contributed by atoms with Gasteiger partial charge in [0.25, 0.3) is 0 Å². The Bertz CT molecular complexity index is 327. The highest BCUT2D eigenvalue weighted by molar-refractivity contribution is 14.1.